The van der Waals surface area contributed by atoms with Crippen LogP contribution in [0.3, 0.4) is 0 Å². The molecule has 2 aromatic rings. The molecule has 1 unspecified atom stereocenters. The van der Waals surface area contributed by atoms with Crippen LogP contribution in [0.15, 0.2) is 33.5 Å². The van der Waals surface area contributed by atoms with Crippen molar-refractivity contribution in [3.63, 3.8) is 0 Å². The third kappa shape index (κ3) is 4.37. The number of benzene rings is 1. The topological polar surface area (TPSA) is 42.7 Å². The maximum Gasteiger partial charge on any atom is 0.138 e. The van der Waals surface area contributed by atoms with Crippen molar-refractivity contribution < 1.29 is 0 Å². The lowest BCUT2D eigenvalue weighted by Gasteiger charge is -2.19. The van der Waals surface area contributed by atoms with Gasteiger partial charge in [-0.2, -0.15) is 5.10 Å². The molecule has 0 saturated carbocycles. The molecule has 0 saturated heterocycles. The van der Waals surface area contributed by atoms with Crippen LogP contribution in [0.25, 0.3) is 0 Å². The molecule has 0 aliphatic rings. The molecule has 0 amide bonds. The van der Waals surface area contributed by atoms with E-state index >= 15 is 0 Å². The van der Waals surface area contributed by atoms with Gasteiger partial charge in [-0.15, -0.1) is 0 Å². The average molecular weight is 416 g/mol. The fourth-order valence-electron chi connectivity index (χ4n) is 2.28. The van der Waals surface area contributed by atoms with Gasteiger partial charge in [-0.1, -0.05) is 45.7 Å². The third-order valence-corrected chi connectivity index (χ3v) is 4.52. The third-order valence-electron chi connectivity index (χ3n) is 3.30. The first-order valence-corrected chi connectivity index (χ1v) is 8.58. The summed E-state index contributed by atoms with van der Waals surface area (Å²) < 4.78 is 4.17. The first-order chi connectivity index (χ1) is 10.0. The van der Waals surface area contributed by atoms with E-state index in [-0.39, 0.29) is 6.04 Å². The molecule has 114 valence electrons. The SMILES string of the molecule is CNC(Cc1ncnn1CC(C)C)c1cc(Br)ccc1Br. The summed E-state index contributed by atoms with van der Waals surface area (Å²) in [6.07, 6.45) is 2.44. The normalized spacial score (nSPS) is 12.9. The van der Waals surface area contributed by atoms with Gasteiger partial charge in [-0.3, -0.25) is 0 Å². The van der Waals surface area contributed by atoms with Gasteiger partial charge in [0, 0.05) is 28.0 Å². The van der Waals surface area contributed by atoms with E-state index in [1.54, 1.807) is 6.33 Å². The summed E-state index contributed by atoms with van der Waals surface area (Å²) in [5.74, 6) is 1.56. The summed E-state index contributed by atoms with van der Waals surface area (Å²) in [5, 5.41) is 7.71. The minimum atomic E-state index is 0.187. The van der Waals surface area contributed by atoms with Gasteiger partial charge >= 0.3 is 0 Å². The summed E-state index contributed by atoms with van der Waals surface area (Å²) in [7, 11) is 1.97. The summed E-state index contributed by atoms with van der Waals surface area (Å²) in [5.41, 5.74) is 1.21. The molecule has 6 heteroatoms. The Labute approximate surface area is 142 Å². The molecule has 1 aromatic heterocycles. The van der Waals surface area contributed by atoms with Crippen LogP contribution >= 0.6 is 31.9 Å². The number of hydrogen-bond donors (Lipinski definition) is 1. The highest BCUT2D eigenvalue weighted by Gasteiger charge is 2.17. The standard InChI is InChI=1S/C15H20Br2N4/c1-10(2)8-21-15(19-9-20-21)7-14(18-3)12-6-11(16)4-5-13(12)17/h4-6,9-10,14,18H,7-8H2,1-3H3. The van der Waals surface area contributed by atoms with Crippen LogP contribution in [0, 0.1) is 5.92 Å². The van der Waals surface area contributed by atoms with Crippen LogP contribution in [0.5, 0.6) is 0 Å². The van der Waals surface area contributed by atoms with E-state index in [2.05, 4.69) is 73.2 Å². The first kappa shape index (κ1) is 16.6. The monoisotopic (exact) mass is 414 g/mol. The minimum absolute atomic E-state index is 0.187. The Bertz CT molecular complexity index is 595. The van der Waals surface area contributed by atoms with Gasteiger partial charge < -0.3 is 5.32 Å². The van der Waals surface area contributed by atoms with E-state index in [1.165, 1.54) is 5.56 Å². The highest BCUT2D eigenvalue weighted by atomic mass is 79.9. The highest BCUT2D eigenvalue weighted by Crippen LogP contribution is 2.28. The van der Waals surface area contributed by atoms with Crippen LogP contribution in [0.4, 0.5) is 0 Å². The van der Waals surface area contributed by atoms with Crippen LogP contribution in [-0.2, 0) is 13.0 Å². The molecule has 1 aromatic carbocycles. The highest BCUT2D eigenvalue weighted by molar-refractivity contribution is 9.11. The van der Waals surface area contributed by atoms with Gasteiger partial charge in [-0.05, 0) is 36.7 Å². The number of likely N-dealkylation sites (N-methyl/N-ethyl adjacent to an activating group) is 1. The predicted molar refractivity (Wildman–Crippen MR) is 92.2 cm³/mol. The molecule has 0 spiro atoms. The molecule has 21 heavy (non-hydrogen) atoms. The molecule has 4 nitrogen and oxygen atoms in total. The van der Waals surface area contributed by atoms with Crippen LogP contribution in [0.2, 0.25) is 0 Å². The fraction of sp³-hybridized carbons (Fsp3) is 0.467. The summed E-state index contributed by atoms with van der Waals surface area (Å²) in [4.78, 5) is 4.42. The Morgan fingerprint density at radius 3 is 2.71 bits per heavy atom. The quantitative estimate of drug-likeness (QED) is 0.776. The lowest BCUT2D eigenvalue weighted by atomic mass is 10.0. The fourth-order valence-corrected chi connectivity index (χ4v) is 3.18. The molecule has 0 aliphatic heterocycles. The molecular weight excluding hydrogens is 396 g/mol. The molecule has 0 fully saturated rings. The van der Waals surface area contributed by atoms with Gasteiger partial charge in [0.15, 0.2) is 0 Å². The Balaban J connectivity index is 2.23. The smallest absolute Gasteiger partial charge is 0.138 e. The lowest BCUT2D eigenvalue weighted by molar-refractivity contribution is 0.451. The van der Waals surface area contributed by atoms with E-state index in [1.807, 2.05) is 17.8 Å². The van der Waals surface area contributed by atoms with Crippen LogP contribution in [0.1, 0.15) is 31.3 Å². The first-order valence-electron chi connectivity index (χ1n) is 7.00. The Morgan fingerprint density at radius 1 is 1.29 bits per heavy atom. The van der Waals surface area contributed by atoms with E-state index in [9.17, 15) is 0 Å². The lowest BCUT2D eigenvalue weighted by Crippen LogP contribution is -2.22. The zero-order valence-electron chi connectivity index (χ0n) is 12.5. The molecule has 0 bridgehead atoms. The zero-order chi connectivity index (χ0) is 15.4. The van der Waals surface area contributed by atoms with Crippen LogP contribution in [-0.4, -0.2) is 21.8 Å². The largest absolute Gasteiger partial charge is 0.313 e. The van der Waals surface area contributed by atoms with Crippen molar-refractivity contribution in [1.29, 1.82) is 0 Å². The van der Waals surface area contributed by atoms with E-state index in [0.717, 1.165) is 27.7 Å². The van der Waals surface area contributed by atoms with Crippen molar-refractivity contribution in [1.82, 2.24) is 20.1 Å². The van der Waals surface area contributed by atoms with Gasteiger partial charge in [0.25, 0.3) is 0 Å². The molecular formula is C15H20Br2N4. The van der Waals surface area contributed by atoms with E-state index in [4.69, 9.17) is 0 Å². The van der Waals surface area contributed by atoms with Gasteiger partial charge in [-0.25, -0.2) is 9.67 Å². The van der Waals surface area contributed by atoms with E-state index in [0.29, 0.717) is 5.92 Å². The second kappa shape index (κ2) is 7.51. The number of aromatic nitrogens is 3. The van der Waals surface area contributed by atoms with E-state index < -0.39 is 0 Å². The molecule has 2 rings (SSSR count). The Morgan fingerprint density at radius 2 is 2.05 bits per heavy atom. The molecule has 0 radical (unpaired) electrons. The predicted octanol–water partition coefficient (Wildman–Crippen LogP) is 3.96. The van der Waals surface area contributed by atoms with Crippen molar-refractivity contribution in [2.45, 2.75) is 32.9 Å². The molecule has 1 heterocycles. The van der Waals surface area contributed by atoms with Crippen molar-refractivity contribution in [2.24, 2.45) is 5.92 Å². The Hall–Kier alpha value is -0.720. The van der Waals surface area contributed by atoms with Crippen molar-refractivity contribution in [3.05, 3.63) is 44.9 Å². The number of hydrogen-bond acceptors (Lipinski definition) is 3. The van der Waals surface area contributed by atoms with Gasteiger partial charge in [0.2, 0.25) is 0 Å². The number of nitrogens with zero attached hydrogens (tertiary/aromatic N) is 3. The molecule has 1 N–H and O–H groups in total. The average Bonchev–Trinajstić information content (AvgIpc) is 2.85. The van der Waals surface area contributed by atoms with Gasteiger partial charge in [0.1, 0.15) is 12.2 Å². The molecule has 1 atom stereocenters. The maximum atomic E-state index is 4.42. The van der Waals surface area contributed by atoms with Crippen molar-refractivity contribution in [3.8, 4) is 0 Å². The van der Waals surface area contributed by atoms with Crippen molar-refractivity contribution >= 4 is 31.9 Å². The summed E-state index contributed by atoms with van der Waals surface area (Å²) in [6.45, 7) is 5.27. The van der Waals surface area contributed by atoms with Crippen molar-refractivity contribution in [2.75, 3.05) is 7.05 Å². The minimum Gasteiger partial charge on any atom is -0.313 e. The summed E-state index contributed by atoms with van der Waals surface area (Å²) in [6, 6.07) is 6.41. The van der Waals surface area contributed by atoms with Crippen LogP contribution < -0.4 is 5.32 Å². The summed E-state index contributed by atoms with van der Waals surface area (Å²) >= 11 is 7.17. The number of nitrogens with one attached hydrogen (secondary N) is 1. The van der Waals surface area contributed by atoms with Gasteiger partial charge in [0.05, 0.1) is 0 Å². The Kier molecular flexibility index (Phi) is 5.96. The molecule has 0 aliphatic carbocycles. The second-order valence-corrected chi connectivity index (χ2v) is 7.23. The number of rotatable bonds is 6. The second-order valence-electron chi connectivity index (χ2n) is 5.46. The zero-order valence-corrected chi connectivity index (χ0v) is 15.6. The maximum absolute atomic E-state index is 4.42. The number of halogens is 2.